The number of hydrogen-bond donors (Lipinski definition) is 0. The van der Waals surface area contributed by atoms with Crippen molar-refractivity contribution in [3.8, 4) is 23.8 Å². The molecule has 1 aromatic rings. The van der Waals surface area contributed by atoms with Crippen LogP contribution in [0.5, 0.6) is 11.5 Å². The van der Waals surface area contributed by atoms with Crippen LogP contribution in [0.2, 0.25) is 0 Å². The second-order valence-electron chi connectivity index (χ2n) is 13.3. The lowest BCUT2D eigenvalue weighted by Crippen LogP contribution is -2.42. The Morgan fingerprint density at radius 2 is 2.02 bits per heavy atom. The third-order valence-electron chi connectivity index (χ3n) is 9.48. The molecule has 41 heavy (non-hydrogen) atoms. The summed E-state index contributed by atoms with van der Waals surface area (Å²) >= 11 is 0. The number of carbonyl (C=O) groups excluding carboxylic acids is 1. The monoisotopic (exact) mass is 562 g/mol. The summed E-state index contributed by atoms with van der Waals surface area (Å²) in [6, 6.07) is 4.93. The first-order chi connectivity index (χ1) is 19.7. The number of terminal acetylenes is 1. The molecule has 2 atom stereocenters. The fraction of sp³-hybridized carbons (Fsp3) is 0.694. The standard InChI is InChI=1S/C36H54N2O3/c1-7-9-10-14-27(3)17-18-29-24-32(40-34(39)16-13-22-38-21-12-11-15-28(38)4)35-30-26-37(20-8-2)23-19-31(30)36(5,6)41-33(35)25-29/h2,24-25,27-28H,7,9-23,26H2,1,3-6H3. The van der Waals surface area contributed by atoms with Gasteiger partial charge in [0.2, 0.25) is 0 Å². The summed E-state index contributed by atoms with van der Waals surface area (Å²) in [4.78, 5) is 18.1. The average molecular weight is 563 g/mol. The highest BCUT2D eigenvalue weighted by atomic mass is 16.5. The zero-order valence-electron chi connectivity index (χ0n) is 26.5. The predicted octanol–water partition coefficient (Wildman–Crippen LogP) is 7.66. The molecule has 226 valence electrons. The molecule has 5 heteroatoms. The Labute approximate surface area is 250 Å². The van der Waals surface area contributed by atoms with E-state index >= 15 is 0 Å². The third kappa shape index (κ3) is 8.39. The van der Waals surface area contributed by atoms with E-state index in [0.29, 0.717) is 30.7 Å². The molecule has 3 aliphatic heterocycles. The van der Waals surface area contributed by atoms with Crippen LogP contribution in [-0.2, 0) is 11.2 Å². The lowest BCUT2D eigenvalue weighted by molar-refractivity contribution is -0.134. The van der Waals surface area contributed by atoms with Crippen molar-refractivity contribution in [3.63, 3.8) is 0 Å². The van der Waals surface area contributed by atoms with Gasteiger partial charge in [-0.15, -0.1) is 6.42 Å². The van der Waals surface area contributed by atoms with Gasteiger partial charge in [0.05, 0.1) is 12.1 Å². The quantitative estimate of drug-likeness (QED) is 0.107. The molecule has 0 aliphatic carbocycles. The highest BCUT2D eigenvalue weighted by molar-refractivity contribution is 5.84. The van der Waals surface area contributed by atoms with Gasteiger partial charge in [-0.05, 0) is 107 Å². The summed E-state index contributed by atoms with van der Waals surface area (Å²) in [5, 5.41) is 0. The van der Waals surface area contributed by atoms with E-state index in [2.05, 4.69) is 62.5 Å². The van der Waals surface area contributed by atoms with Crippen molar-refractivity contribution in [1.29, 1.82) is 0 Å². The zero-order chi connectivity index (χ0) is 29.4. The molecule has 1 saturated heterocycles. The maximum absolute atomic E-state index is 13.3. The SMILES string of the molecule is C#CCN1CCC2=C(C1)c1c(OC(=O)CCCN3CCCCC3C)cc(CCC(C)CCCCC)cc1OC2(C)C. The number of piperidine rings is 1. The molecule has 0 N–H and O–H groups in total. The van der Waals surface area contributed by atoms with Gasteiger partial charge in [0.15, 0.2) is 0 Å². The molecule has 1 fully saturated rings. The molecule has 3 aliphatic rings. The van der Waals surface area contributed by atoms with E-state index in [9.17, 15) is 4.79 Å². The van der Waals surface area contributed by atoms with E-state index in [1.54, 1.807) is 0 Å². The maximum Gasteiger partial charge on any atom is 0.311 e. The van der Waals surface area contributed by atoms with Crippen LogP contribution in [-0.4, -0.2) is 60.1 Å². The van der Waals surface area contributed by atoms with Gasteiger partial charge in [0, 0.05) is 25.6 Å². The number of ether oxygens (including phenoxy) is 2. The summed E-state index contributed by atoms with van der Waals surface area (Å²) in [6.45, 7) is 15.6. The van der Waals surface area contributed by atoms with Gasteiger partial charge in [-0.2, -0.15) is 0 Å². The Balaban J connectivity index is 1.55. The van der Waals surface area contributed by atoms with Crippen molar-refractivity contribution < 1.29 is 14.3 Å². The summed E-state index contributed by atoms with van der Waals surface area (Å²) < 4.78 is 12.9. The normalized spacial score (nSPS) is 21.4. The van der Waals surface area contributed by atoms with Crippen LogP contribution in [0.4, 0.5) is 0 Å². The molecular weight excluding hydrogens is 508 g/mol. The second kappa shape index (κ2) is 14.7. The van der Waals surface area contributed by atoms with E-state index in [-0.39, 0.29) is 5.97 Å². The van der Waals surface area contributed by atoms with Gasteiger partial charge in [-0.3, -0.25) is 9.69 Å². The van der Waals surface area contributed by atoms with Crippen LogP contribution >= 0.6 is 0 Å². The van der Waals surface area contributed by atoms with Crippen molar-refractivity contribution >= 4 is 11.5 Å². The number of esters is 1. The van der Waals surface area contributed by atoms with Gasteiger partial charge < -0.3 is 14.4 Å². The van der Waals surface area contributed by atoms with Gasteiger partial charge in [0.1, 0.15) is 17.1 Å². The minimum absolute atomic E-state index is 0.148. The van der Waals surface area contributed by atoms with Crippen LogP contribution in [0, 0.1) is 18.3 Å². The fourth-order valence-electron chi connectivity index (χ4n) is 6.95. The lowest BCUT2D eigenvalue weighted by atomic mass is 9.81. The molecule has 1 aromatic carbocycles. The van der Waals surface area contributed by atoms with E-state index < -0.39 is 5.60 Å². The van der Waals surface area contributed by atoms with Crippen molar-refractivity contribution in [1.82, 2.24) is 9.80 Å². The molecule has 5 nitrogen and oxygen atoms in total. The summed E-state index contributed by atoms with van der Waals surface area (Å²) in [7, 11) is 0. The molecule has 0 radical (unpaired) electrons. The predicted molar refractivity (Wildman–Crippen MR) is 169 cm³/mol. The Hall–Kier alpha value is -2.29. The van der Waals surface area contributed by atoms with Gasteiger partial charge in [-0.1, -0.05) is 51.9 Å². The first-order valence-corrected chi connectivity index (χ1v) is 16.4. The topological polar surface area (TPSA) is 42.0 Å². The summed E-state index contributed by atoms with van der Waals surface area (Å²) in [5.74, 6) is 4.85. The summed E-state index contributed by atoms with van der Waals surface area (Å²) in [6.07, 6.45) is 18.9. The number of likely N-dealkylation sites (tertiary alicyclic amines) is 1. The van der Waals surface area contributed by atoms with Crippen LogP contribution in [0.25, 0.3) is 5.57 Å². The van der Waals surface area contributed by atoms with E-state index in [0.717, 1.165) is 63.2 Å². The number of rotatable bonds is 13. The van der Waals surface area contributed by atoms with Crippen molar-refractivity contribution in [2.24, 2.45) is 5.92 Å². The summed E-state index contributed by atoms with van der Waals surface area (Å²) in [5.41, 5.74) is 4.27. The molecule has 0 bridgehead atoms. The first kappa shape index (κ1) is 31.6. The number of hydrogen-bond acceptors (Lipinski definition) is 5. The highest BCUT2D eigenvalue weighted by Crippen LogP contribution is 2.48. The highest BCUT2D eigenvalue weighted by Gasteiger charge is 2.39. The van der Waals surface area contributed by atoms with E-state index in [1.165, 1.54) is 61.7 Å². The molecule has 0 aromatic heterocycles. The van der Waals surface area contributed by atoms with Crippen molar-refractivity contribution in [3.05, 3.63) is 28.8 Å². The molecule has 4 rings (SSSR count). The number of fused-ring (bicyclic) bond motifs is 2. The minimum Gasteiger partial charge on any atom is -0.483 e. The Kier molecular flexibility index (Phi) is 11.4. The molecule has 0 spiro atoms. The fourth-order valence-corrected chi connectivity index (χ4v) is 6.95. The first-order valence-electron chi connectivity index (χ1n) is 16.4. The average Bonchev–Trinajstić information content (AvgIpc) is 2.92. The van der Waals surface area contributed by atoms with Crippen LogP contribution < -0.4 is 9.47 Å². The largest absolute Gasteiger partial charge is 0.483 e. The van der Waals surface area contributed by atoms with E-state index in [1.807, 2.05) is 0 Å². The van der Waals surface area contributed by atoms with Gasteiger partial charge >= 0.3 is 5.97 Å². The smallest absolute Gasteiger partial charge is 0.311 e. The third-order valence-corrected chi connectivity index (χ3v) is 9.48. The van der Waals surface area contributed by atoms with Gasteiger partial charge in [-0.25, -0.2) is 0 Å². The number of nitrogens with zero attached hydrogens (tertiary/aromatic N) is 2. The van der Waals surface area contributed by atoms with Gasteiger partial charge in [0.25, 0.3) is 0 Å². The Morgan fingerprint density at radius 1 is 1.20 bits per heavy atom. The molecule has 0 amide bonds. The number of benzene rings is 1. The minimum atomic E-state index is -0.400. The van der Waals surface area contributed by atoms with Crippen LogP contribution in [0.1, 0.15) is 116 Å². The Bertz CT molecular complexity index is 1110. The second-order valence-corrected chi connectivity index (χ2v) is 13.3. The van der Waals surface area contributed by atoms with Crippen LogP contribution in [0.3, 0.4) is 0 Å². The number of unbranched alkanes of at least 4 members (excludes halogenated alkanes) is 2. The molecular formula is C36H54N2O3. The molecule has 2 unspecified atom stereocenters. The molecule has 0 saturated carbocycles. The van der Waals surface area contributed by atoms with E-state index in [4.69, 9.17) is 15.9 Å². The van der Waals surface area contributed by atoms with Crippen molar-refractivity contribution in [2.45, 2.75) is 123 Å². The Morgan fingerprint density at radius 3 is 2.78 bits per heavy atom. The lowest BCUT2D eigenvalue weighted by Gasteiger charge is -2.42. The zero-order valence-corrected chi connectivity index (χ0v) is 26.5. The number of aryl methyl sites for hydroxylation is 1. The maximum atomic E-state index is 13.3. The number of carbonyl (C=O) groups is 1. The van der Waals surface area contributed by atoms with Crippen molar-refractivity contribution in [2.75, 3.05) is 32.7 Å². The van der Waals surface area contributed by atoms with Crippen LogP contribution in [0.15, 0.2) is 17.7 Å². The molecule has 3 heterocycles.